The first-order valence-corrected chi connectivity index (χ1v) is 10.3. The summed E-state index contributed by atoms with van der Waals surface area (Å²) in [5.74, 6) is -1.40. The van der Waals surface area contributed by atoms with E-state index in [9.17, 15) is 4.79 Å². The Morgan fingerprint density at radius 1 is 1.12 bits per heavy atom. The highest BCUT2D eigenvalue weighted by atomic mass is 35.5. The summed E-state index contributed by atoms with van der Waals surface area (Å²) < 4.78 is 15.6. The van der Waals surface area contributed by atoms with Gasteiger partial charge in [0.25, 0.3) is 0 Å². The average molecular weight is 448 g/mol. The number of nitrogens with one attached hydrogen (secondary N) is 1. The Labute approximate surface area is 188 Å². The van der Waals surface area contributed by atoms with Crippen molar-refractivity contribution in [2.45, 2.75) is 13.3 Å². The lowest BCUT2D eigenvalue weighted by Gasteiger charge is -2.18. The molecule has 0 saturated heterocycles. The Bertz CT molecular complexity index is 1360. The van der Waals surface area contributed by atoms with Crippen LogP contribution in [0.4, 0.5) is 4.39 Å². The molecule has 0 bridgehead atoms. The van der Waals surface area contributed by atoms with Gasteiger partial charge in [0.1, 0.15) is 5.82 Å². The highest BCUT2D eigenvalue weighted by molar-refractivity contribution is 6.32. The zero-order chi connectivity index (χ0) is 22.7. The summed E-state index contributed by atoms with van der Waals surface area (Å²) >= 11 is 6.46. The summed E-state index contributed by atoms with van der Waals surface area (Å²) in [6.45, 7) is 1.99. The number of pyridine rings is 1. The van der Waals surface area contributed by atoms with Crippen LogP contribution >= 0.6 is 11.6 Å². The van der Waals surface area contributed by atoms with Gasteiger partial charge in [0, 0.05) is 24.0 Å². The molecule has 2 aromatic heterocycles. The van der Waals surface area contributed by atoms with Crippen LogP contribution in [-0.2, 0) is 4.79 Å². The summed E-state index contributed by atoms with van der Waals surface area (Å²) in [6.07, 6.45) is 7.88. The minimum absolute atomic E-state index is 0.378. The number of nitrogens with zero attached hydrogens (tertiary/aromatic N) is 2. The summed E-state index contributed by atoms with van der Waals surface area (Å²) in [4.78, 5) is 14.9. The minimum Gasteiger partial charge on any atom is -0.478 e. The Morgan fingerprint density at radius 3 is 2.59 bits per heavy atom. The summed E-state index contributed by atoms with van der Waals surface area (Å²) in [5.41, 5.74) is 4.89. The smallest absolute Gasteiger partial charge is 0.328 e. The first-order valence-electron chi connectivity index (χ1n) is 9.96. The molecule has 0 amide bonds. The first-order chi connectivity index (χ1) is 15.5. The van der Waals surface area contributed by atoms with Gasteiger partial charge in [-0.3, -0.25) is 10.1 Å². The summed E-state index contributed by atoms with van der Waals surface area (Å²) in [6, 6.07) is 12.6. The predicted octanol–water partition coefficient (Wildman–Crippen LogP) is 6.22. The van der Waals surface area contributed by atoms with Crippen molar-refractivity contribution in [2.75, 3.05) is 0 Å². The van der Waals surface area contributed by atoms with Crippen LogP contribution in [-0.4, -0.2) is 26.3 Å². The molecular weight excluding hydrogens is 429 g/mol. The number of halogens is 2. The monoisotopic (exact) mass is 447 g/mol. The van der Waals surface area contributed by atoms with E-state index in [4.69, 9.17) is 16.7 Å². The summed E-state index contributed by atoms with van der Waals surface area (Å²) in [5, 5.41) is 16.5. The fourth-order valence-electron chi connectivity index (χ4n) is 3.72. The van der Waals surface area contributed by atoms with Gasteiger partial charge < -0.3 is 5.11 Å². The maximum Gasteiger partial charge on any atom is 0.328 e. The molecule has 0 radical (unpaired) electrons. The van der Waals surface area contributed by atoms with Crippen LogP contribution in [0.1, 0.15) is 35.6 Å². The molecule has 32 heavy (non-hydrogen) atoms. The number of hydrogen-bond acceptors (Lipinski definition) is 3. The molecule has 0 atom stereocenters. The molecule has 0 aliphatic rings. The highest BCUT2D eigenvalue weighted by Crippen LogP contribution is 2.39. The van der Waals surface area contributed by atoms with Gasteiger partial charge in [-0.2, -0.15) is 5.10 Å². The molecule has 0 saturated carbocycles. The molecule has 160 valence electrons. The Morgan fingerprint density at radius 2 is 1.91 bits per heavy atom. The Hall–Kier alpha value is -3.77. The van der Waals surface area contributed by atoms with E-state index in [0.717, 1.165) is 28.3 Å². The molecular formula is C25H19ClFN3O2. The van der Waals surface area contributed by atoms with E-state index < -0.39 is 5.97 Å². The lowest BCUT2D eigenvalue weighted by atomic mass is 9.87. The number of carboxylic acids is 1. The van der Waals surface area contributed by atoms with Crippen molar-refractivity contribution in [2.24, 2.45) is 0 Å². The highest BCUT2D eigenvalue weighted by Gasteiger charge is 2.20. The Balaban J connectivity index is 1.97. The second-order valence-electron chi connectivity index (χ2n) is 7.11. The second-order valence-corrected chi connectivity index (χ2v) is 7.52. The molecule has 4 aromatic rings. The van der Waals surface area contributed by atoms with Crippen LogP contribution in [0.5, 0.6) is 0 Å². The number of rotatable bonds is 6. The maximum atomic E-state index is 15.6. The zero-order valence-electron chi connectivity index (χ0n) is 17.1. The minimum atomic E-state index is -1.02. The molecule has 2 aromatic carbocycles. The van der Waals surface area contributed by atoms with Gasteiger partial charge in [-0.15, -0.1) is 0 Å². The van der Waals surface area contributed by atoms with Crippen LogP contribution in [0.3, 0.4) is 0 Å². The lowest BCUT2D eigenvalue weighted by Crippen LogP contribution is -1.99. The van der Waals surface area contributed by atoms with Crippen molar-refractivity contribution in [3.05, 3.63) is 100 Å². The lowest BCUT2D eigenvalue weighted by molar-refractivity contribution is -0.131. The third-order valence-corrected chi connectivity index (χ3v) is 5.50. The van der Waals surface area contributed by atoms with Gasteiger partial charge in [-0.25, -0.2) is 9.18 Å². The summed E-state index contributed by atoms with van der Waals surface area (Å²) in [7, 11) is 0. The van der Waals surface area contributed by atoms with Gasteiger partial charge in [-0.05, 0) is 58.5 Å². The molecule has 7 heteroatoms. The van der Waals surface area contributed by atoms with Gasteiger partial charge in [0.2, 0.25) is 0 Å². The number of aromatic nitrogens is 3. The van der Waals surface area contributed by atoms with Gasteiger partial charge in [0.15, 0.2) is 0 Å². The molecule has 0 unspecified atom stereocenters. The normalized spacial score (nSPS) is 12.3. The second kappa shape index (κ2) is 9.16. The number of H-pyrrole nitrogens is 1. The van der Waals surface area contributed by atoms with Crippen LogP contribution in [0.25, 0.3) is 28.1 Å². The van der Waals surface area contributed by atoms with E-state index >= 15 is 4.39 Å². The van der Waals surface area contributed by atoms with Crippen molar-refractivity contribution < 1.29 is 14.3 Å². The fraction of sp³-hybridized carbons (Fsp3) is 0.0800. The van der Waals surface area contributed by atoms with E-state index in [1.54, 1.807) is 36.7 Å². The molecule has 2 N–H and O–H groups in total. The van der Waals surface area contributed by atoms with E-state index in [1.807, 2.05) is 25.1 Å². The molecule has 0 aliphatic heterocycles. The molecule has 5 nitrogen and oxygen atoms in total. The average Bonchev–Trinajstić information content (AvgIpc) is 3.28. The SMILES string of the molecule is CCC(=C(c1ccc(C=CC(=O)O)cc1)c1ccc2[nH]ncc2c1F)c1ccncc1Cl. The molecule has 0 aliphatic carbocycles. The van der Waals surface area contributed by atoms with Gasteiger partial charge >= 0.3 is 5.97 Å². The number of carboxylic acid groups (broad SMARTS) is 1. The largest absolute Gasteiger partial charge is 0.478 e. The van der Waals surface area contributed by atoms with Gasteiger partial charge in [0.05, 0.1) is 22.1 Å². The number of benzene rings is 2. The van der Waals surface area contributed by atoms with Crippen molar-refractivity contribution in [1.82, 2.24) is 15.2 Å². The third-order valence-electron chi connectivity index (χ3n) is 5.20. The molecule has 4 rings (SSSR count). The fourth-order valence-corrected chi connectivity index (χ4v) is 3.95. The van der Waals surface area contributed by atoms with Crippen LogP contribution in [0.15, 0.2) is 67.1 Å². The van der Waals surface area contributed by atoms with E-state index in [-0.39, 0.29) is 5.82 Å². The zero-order valence-corrected chi connectivity index (χ0v) is 17.9. The van der Waals surface area contributed by atoms with E-state index in [0.29, 0.717) is 33.5 Å². The topological polar surface area (TPSA) is 78.9 Å². The van der Waals surface area contributed by atoms with Crippen LogP contribution in [0, 0.1) is 5.82 Å². The number of aromatic amines is 1. The van der Waals surface area contributed by atoms with E-state index in [2.05, 4.69) is 15.2 Å². The predicted molar refractivity (Wildman–Crippen MR) is 125 cm³/mol. The Kier molecular flexibility index (Phi) is 6.14. The number of fused-ring (bicyclic) bond motifs is 1. The van der Waals surface area contributed by atoms with Crippen molar-refractivity contribution in [3.63, 3.8) is 0 Å². The third kappa shape index (κ3) is 4.18. The molecule has 0 spiro atoms. The number of aliphatic carboxylic acids is 1. The van der Waals surface area contributed by atoms with Gasteiger partial charge in [-0.1, -0.05) is 42.8 Å². The van der Waals surface area contributed by atoms with Crippen molar-refractivity contribution in [3.8, 4) is 0 Å². The maximum absolute atomic E-state index is 15.6. The van der Waals surface area contributed by atoms with Crippen LogP contribution < -0.4 is 0 Å². The standard InChI is InChI=1S/C25H19ClFN3O2/c1-2-17(18-11-12-28-14-21(18)26)24(16-6-3-15(4-7-16)5-10-23(31)32)19-8-9-22-20(25(19)27)13-29-30-22/h3-14H,2H2,1H3,(H,29,30)(H,31,32). The van der Waals surface area contributed by atoms with Crippen LogP contribution in [0.2, 0.25) is 5.02 Å². The van der Waals surface area contributed by atoms with Crippen molar-refractivity contribution in [1.29, 1.82) is 0 Å². The van der Waals surface area contributed by atoms with Crippen molar-refractivity contribution >= 4 is 45.7 Å². The quantitative estimate of drug-likeness (QED) is 0.344. The molecule has 0 fully saturated rings. The number of hydrogen-bond donors (Lipinski definition) is 2. The molecule has 2 heterocycles. The number of allylic oxidation sites excluding steroid dienone is 1. The number of carbonyl (C=O) groups is 1. The first kappa shape index (κ1) is 21.5. The van der Waals surface area contributed by atoms with E-state index in [1.165, 1.54) is 12.3 Å².